The minimum atomic E-state index is 0.452. The van der Waals surface area contributed by atoms with Gasteiger partial charge in [0.1, 0.15) is 18.7 Å². The highest BCUT2D eigenvalue weighted by Gasteiger charge is 2.06. The zero-order chi connectivity index (χ0) is 13.0. The summed E-state index contributed by atoms with van der Waals surface area (Å²) in [6, 6.07) is 7.97. The fourth-order valence-electron chi connectivity index (χ4n) is 1.58. The molecule has 0 saturated carbocycles. The number of ether oxygens (including phenoxy) is 1. The maximum atomic E-state index is 5.70. The summed E-state index contributed by atoms with van der Waals surface area (Å²) in [5.74, 6) is 2.26. The largest absolute Gasteiger partial charge is 0.486 e. The van der Waals surface area contributed by atoms with Crippen LogP contribution >= 0.6 is 22.6 Å². The second-order valence-corrected chi connectivity index (χ2v) is 5.74. The van der Waals surface area contributed by atoms with Gasteiger partial charge < -0.3 is 4.74 Å². The minimum Gasteiger partial charge on any atom is -0.486 e. The summed E-state index contributed by atoms with van der Waals surface area (Å²) in [4.78, 5) is 4.23. The van der Waals surface area contributed by atoms with Crippen molar-refractivity contribution in [2.24, 2.45) is 5.92 Å². The van der Waals surface area contributed by atoms with Crippen LogP contribution in [-0.2, 0) is 13.2 Å². The molecular formula is C13H16IN3O. The normalized spacial score (nSPS) is 10.9. The van der Waals surface area contributed by atoms with Crippen molar-refractivity contribution < 1.29 is 4.74 Å². The molecule has 1 aromatic carbocycles. The average molecular weight is 357 g/mol. The number of hydrogen-bond acceptors (Lipinski definition) is 3. The minimum absolute atomic E-state index is 0.452. The Kier molecular flexibility index (Phi) is 4.57. The van der Waals surface area contributed by atoms with Gasteiger partial charge in [0.2, 0.25) is 0 Å². The third kappa shape index (κ3) is 3.69. The first kappa shape index (κ1) is 13.3. The fourth-order valence-corrected chi connectivity index (χ4v) is 1.94. The summed E-state index contributed by atoms with van der Waals surface area (Å²) >= 11 is 2.27. The van der Waals surface area contributed by atoms with Gasteiger partial charge in [0.25, 0.3) is 0 Å². The molecule has 0 aliphatic rings. The van der Waals surface area contributed by atoms with Crippen LogP contribution in [0, 0.1) is 9.49 Å². The molecule has 2 aromatic rings. The lowest BCUT2D eigenvalue weighted by atomic mass is 10.2. The summed E-state index contributed by atoms with van der Waals surface area (Å²) < 4.78 is 8.80. The summed E-state index contributed by atoms with van der Waals surface area (Å²) in [6.07, 6.45) is 1.58. The van der Waals surface area contributed by atoms with Crippen LogP contribution in [0.3, 0.4) is 0 Å². The van der Waals surface area contributed by atoms with Crippen molar-refractivity contribution >= 4 is 22.6 Å². The second kappa shape index (κ2) is 6.17. The van der Waals surface area contributed by atoms with E-state index in [2.05, 4.69) is 46.5 Å². The van der Waals surface area contributed by atoms with Crippen molar-refractivity contribution in [3.8, 4) is 5.75 Å². The van der Waals surface area contributed by atoms with E-state index in [4.69, 9.17) is 4.74 Å². The molecule has 1 aromatic heterocycles. The van der Waals surface area contributed by atoms with Crippen LogP contribution in [0.15, 0.2) is 30.6 Å². The van der Waals surface area contributed by atoms with Gasteiger partial charge in [-0.05, 0) is 52.8 Å². The van der Waals surface area contributed by atoms with Crippen LogP contribution in [-0.4, -0.2) is 14.8 Å². The molecule has 2 rings (SSSR count). The van der Waals surface area contributed by atoms with E-state index in [1.807, 2.05) is 28.9 Å². The van der Waals surface area contributed by atoms with E-state index < -0.39 is 0 Å². The molecule has 0 N–H and O–H groups in total. The maximum Gasteiger partial charge on any atom is 0.164 e. The monoisotopic (exact) mass is 357 g/mol. The summed E-state index contributed by atoms with van der Waals surface area (Å²) in [6.45, 7) is 5.63. The molecule has 0 fully saturated rings. The van der Waals surface area contributed by atoms with Crippen LogP contribution < -0.4 is 4.74 Å². The first-order chi connectivity index (χ1) is 8.65. The van der Waals surface area contributed by atoms with E-state index in [0.717, 1.165) is 18.1 Å². The van der Waals surface area contributed by atoms with Crippen LogP contribution in [0.4, 0.5) is 0 Å². The Balaban J connectivity index is 1.97. The summed E-state index contributed by atoms with van der Waals surface area (Å²) in [5, 5.41) is 4.21. The topological polar surface area (TPSA) is 39.9 Å². The highest BCUT2D eigenvalue weighted by atomic mass is 127. The van der Waals surface area contributed by atoms with Gasteiger partial charge in [-0.3, -0.25) is 0 Å². The number of aromatic nitrogens is 3. The number of hydrogen-bond donors (Lipinski definition) is 0. The molecule has 0 bridgehead atoms. The molecular weight excluding hydrogens is 341 g/mol. The highest BCUT2D eigenvalue weighted by Crippen LogP contribution is 2.14. The number of rotatable bonds is 5. The van der Waals surface area contributed by atoms with Crippen molar-refractivity contribution in [2.45, 2.75) is 27.0 Å². The molecule has 0 spiro atoms. The molecule has 4 nitrogen and oxygen atoms in total. The molecule has 5 heteroatoms. The van der Waals surface area contributed by atoms with Gasteiger partial charge in [-0.15, -0.1) is 0 Å². The van der Waals surface area contributed by atoms with Crippen molar-refractivity contribution in [3.63, 3.8) is 0 Å². The van der Waals surface area contributed by atoms with Crippen molar-refractivity contribution in [1.82, 2.24) is 14.8 Å². The van der Waals surface area contributed by atoms with Gasteiger partial charge in [-0.25, -0.2) is 9.67 Å². The third-order valence-electron chi connectivity index (χ3n) is 2.42. The van der Waals surface area contributed by atoms with E-state index in [9.17, 15) is 0 Å². The fraction of sp³-hybridized carbons (Fsp3) is 0.385. The van der Waals surface area contributed by atoms with Gasteiger partial charge in [0, 0.05) is 10.1 Å². The van der Waals surface area contributed by atoms with Crippen molar-refractivity contribution in [1.29, 1.82) is 0 Å². The van der Waals surface area contributed by atoms with Crippen LogP contribution in [0.2, 0.25) is 0 Å². The Hall–Kier alpha value is -1.11. The Morgan fingerprint density at radius 3 is 2.67 bits per heavy atom. The van der Waals surface area contributed by atoms with Gasteiger partial charge in [0.15, 0.2) is 5.82 Å². The molecule has 0 saturated heterocycles. The zero-order valence-electron chi connectivity index (χ0n) is 10.5. The molecule has 0 amide bonds. The van der Waals surface area contributed by atoms with Crippen LogP contribution in [0.1, 0.15) is 19.7 Å². The first-order valence-corrected chi connectivity index (χ1v) is 6.98. The summed E-state index contributed by atoms with van der Waals surface area (Å²) in [5.41, 5.74) is 0. The molecule has 0 aliphatic heterocycles. The Morgan fingerprint density at radius 1 is 1.28 bits per heavy atom. The summed E-state index contributed by atoms with van der Waals surface area (Å²) in [7, 11) is 0. The van der Waals surface area contributed by atoms with E-state index in [1.54, 1.807) is 6.33 Å². The van der Waals surface area contributed by atoms with Gasteiger partial charge in [-0.2, -0.15) is 5.10 Å². The lowest BCUT2D eigenvalue weighted by Gasteiger charge is -2.09. The number of halogens is 1. The Morgan fingerprint density at radius 2 is 2.00 bits per heavy atom. The molecule has 18 heavy (non-hydrogen) atoms. The van der Waals surface area contributed by atoms with Gasteiger partial charge >= 0.3 is 0 Å². The molecule has 0 atom stereocenters. The predicted molar refractivity (Wildman–Crippen MR) is 78.4 cm³/mol. The van der Waals surface area contributed by atoms with Crippen molar-refractivity contribution in [2.75, 3.05) is 0 Å². The lowest BCUT2D eigenvalue weighted by Crippen LogP contribution is -2.12. The third-order valence-corrected chi connectivity index (χ3v) is 3.13. The SMILES string of the molecule is CC(C)Cn1ncnc1COc1ccc(I)cc1. The molecule has 1 heterocycles. The first-order valence-electron chi connectivity index (χ1n) is 5.90. The van der Waals surface area contributed by atoms with Gasteiger partial charge in [0.05, 0.1) is 0 Å². The van der Waals surface area contributed by atoms with Crippen molar-refractivity contribution in [3.05, 3.63) is 40.0 Å². The number of benzene rings is 1. The predicted octanol–water partition coefficient (Wildman–Crippen LogP) is 3.12. The quantitative estimate of drug-likeness (QED) is 0.772. The maximum absolute atomic E-state index is 5.70. The van der Waals surface area contributed by atoms with E-state index in [-0.39, 0.29) is 0 Å². The van der Waals surface area contributed by atoms with Gasteiger partial charge in [-0.1, -0.05) is 13.8 Å². The number of nitrogens with zero attached hydrogens (tertiary/aromatic N) is 3. The van der Waals surface area contributed by atoms with E-state index >= 15 is 0 Å². The molecule has 0 radical (unpaired) electrons. The Bertz CT molecular complexity index is 493. The molecule has 0 aliphatic carbocycles. The average Bonchev–Trinajstić information content (AvgIpc) is 2.75. The second-order valence-electron chi connectivity index (χ2n) is 4.49. The smallest absolute Gasteiger partial charge is 0.164 e. The zero-order valence-corrected chi connectivity index (χ0v) is 12.7. The Labute approximate surface area is 121 Å². The van der Waals surface area contributed by atoms with Crippen LogP contribution in [0.5, 0.6) is 5.75 Å². The molecule has 0 unspecified atom stereocenters. The lowest BCUT2D eigenvalue weighted by molar-refractivity contribution is 0.282. The van der Waals surface area contributed by atoms with Crippen LogP contribution in [0.25, 0.3) is 0 Å². The molecule has 96 valence electrons. The standard InChI is InChI=1S/C13H16IN3O/c1-10(2)7-17-13(15-9-16-17)8-18-12-5-3-11(14)4-6-12/h3-6,9-10H,7-8H2,1-2H3. The van der Waals surface area contributed by atoms with E-state index in [0.29, 0.717) is 12.5 Å². The van der Waals surface area contributed by atoms with E-state index in [1.165, 1.54) is 3.57 Å². The highest BCUT2D eigenvalue weighted by molar-refractivity contribution is 14.1.